The predicted molar refractivity (Wildman–Crippen MR) is 161 cm³/mol. The van der Waals surface area contributed by atoms with Crippen molar-refractivity contribution in [1.29, 1.82) is 0 Å². The molecule has 1 aromatic heterocycles. The first kappa shape index (κ1) is 39.9. The SMILES string of the molecule is C[C@@H]1C[C@@H](O)c2ncnc(C3CCN(C(=O)[C@H](CNC(C)(C)C)c4ccc(Br)cc4)CC3)c21.O=C(O)C(F)(F)F.O=C(O)C(F)(F)F. The lowest BCUT2D eigenvalue weighted by molar-refractivity contribution is -0.193. The highest BCUT2D eigenvalue weighted by atomic mass is 79.9. The number of alkyl halides is 6. The van der Waals surface area contributed by atoms with Gasteiger partial charge < -0.3 is 25.5 Å². The monoisotopic (exact) mass is 742 g/mol. The van der Waals surface area contributed by atoms with Crippen LogP contribution in [0.5, 0.6) is 0 Å². The van der Waals surface area contributed by atoms with E-state index in [2.05, 4.69) is 58.9 Å². The number of piperidine rings is 1. The van der Waals surface area contributed by atoms with E-state index in [9.17, 15) is 36.2 Å². The first-order valence-corrected chi connectivity index (χ1v) is 15.2. The molecule has 4 N–H and O–H groups in total. The molecule has 0 saturated carbocycles. The van der Waals surface area contributed by atoms with Gasteiger partial charge in [0, 0.05) is 41.1 Å². The van der Waals surface area contributed by atoms with Gasteiger partial charge in [-0.25, -0.2) is 19.6 Å². The van der Waals surface area contributed by atoms with Gasteiger partial charge in [0.15, 0.2) is 0 Å². The van der Waals surface area contributed by atoms with Crippen molar-refractivity contribution in [3.63, 3.8) is 0 Å². The van der Waals surface area contributed by atoms with Crippen LogP contribution in [0.3, 0.4) is 0 Å². The number of aliphatic carboxylic acids is 2. The molecule has 2 aromatic rings. The molecule has 2 heterocycles. The topological polar surface area (TPSA) is 153 Å². The predicted octanol–water partition coefficient (Wildman–Crippen LogP) is 5.92. The van der Waals surface area contributed by atoms with E-state index in [0.29, 0.717) is 18.9 Å². The number of aromatic nitrogens is 2. The largest absolute Gasteiger partial charge is 0.490 e. The summed E-state index contributed by atoms with van der Waals surface area (Å²) in [7, 11) is 0. The highest BCUT2D eigenvalue weighted by Gasteiger charge is 2.39. The third kappa shape index (κ3) is 12.0. The molecule has 0 bridgehead atoms. The average molecular weight is 744 g/mol. The maximum atomic E-state index is 13.6. The molecule has 1 amide bonds. The minimum atomic E-state index is -5.08. The molecular formula is C30H37BrF6N4O6. The van der Waals surface area contributed by atoms with E-state index in [1.54, 1.807) is 6.33 Å². The van der Waals surface area contributed by atoms with E-state index in [1.807, 2.05) is 29.2 Å². The van der Waals surface area contributed by atoms with Crippen molar-refractivity contribution >= 4 is 33.8 Å². The third-order valence-corrected chi connectivity index (χ3v) is 7.94. The number of fused-ring (bicyclic) bond motifs is 1. The maximum absolute atomic E-state index is 13.6. The average Bonchev–Trinajstić information content (AvgIpc) is 3.26. The summed E-state index contributed by atoms with van der Waals surface area (Å²) in [6, 6.07) is 8.09. The zero-order valence-electron chi connectivity index (χ0n) is 26.0. The quantitative estimate of drug-likeness (QED) is 0.274. The number of hydrogen-bond donors (Lipinski definition) is 4. The Morgan fingerprint density at radius 1 is 0.936 bits per heavy atom. The lowest BCUT2D eigenvalue weighted by Crippen LogP contribution is -2.46. The van der Waals surface area contributed by atoms with Crippen molar-refractivity contribution in [1.82, 2.24) is 20.2 Å². The molecule has 17 heteroatoms. The lowest BCUT2D eigenvalue weighted by atomic mass is 9.87. The first-order chi connectivity index (χ1) is 21.5. The van der Waals surface area contributed by atoms with Crippen molar-refractivity contribution in [3.05, 3.63) is 57.6 Å². The van der Waals surface area contributed by atoms with Gasteiger partial charge in [-0.1, -0.05) is 35.0 Å². The van der Waals surface area contributed by atoms with Crippen LogP contribution in [-0.4, -0.2) is 85.6 Å². The number of carboxylic acid groups (broad SMARTS) is 2. The summed E-state index contributed by atoms with van der Waals surface area (Å²) in [5.41, 5.74) is 4.00. The minimum Gasteiger partial charge on any atom is -0.475 e. The molecule has 1 aliphatic heterocycles. The normalized spacial score (nSPS) is 19.0. The number of carbonyl (C=O) groups excluding carboxylic acids is 1. The first-order valence-electron chi connectivity index (χ1n) is 14.4. The summed E-state index contributed by atoms with van der Waals surface area (Å²) in [5, 5.41) is 28.1. The number of aliphatic hydroxyl groups excluding tert-OH is 1. The number of nitrogens with one attached hydrogen (secondary N) is 1. The minimum absolute atomic E-state index is 0.0600. The highest BCUT2D eigenvalue weighted by Crippen LogP contribution is 2.43. The zero-order chi connectivity index (χ0) is 35.9. The standard InChI is InChI=1S/C26H35BrN4O2.2C2HF3O2/c1-16-13-21(32)24-22(16)23(28-15-29-24)18-9-11-31(12-10-18)25(33)20(14-30-26(2,3)4)17-5-7-19(27)8-6-17;2*3-2(4,5)1(6)7/h5-8,15-16,18,20-21,30,32H,9-14H2,1-4H3;2*(H,6,7)/t16-,20-,21-;;/m1../s1. The number of carbonyl (C=O) groups is 3. The van der Waals surface area contributed by atoms with E-state index in [4.69, 9.17) is 19.8 Å². The molecule has 10 nitrogen and oxygen atoms in total. The number of likely N-dealkylation sites (tertiary alicyclic amines) is 1. The summed E-state index contributed by atoms with van der Waals surface area (Å²) >= 11 is 3.50. The van der Waals surface area contributed by atoms with Gasteiger partial charge in [0.05, 0.1) is 23.4 Å². The van der Waals surface area contributed by atoms with E-state index in [0.717, 1.165) is 52.9 Å². The number of amides is 1. The molecule has 1 saturated heterocycles. The molecule has 0 radical (unpaired) electrons. The molecule has 4 rings (SSSR count). The van der Waals surface area contributed by atoms with Crippen molar-refractivity contribution in [2.24, 2.45) is 0 Å². The number of nitrogens with zero attached hydrogens (tertiary/aromatic N) is 3. The summed E-state index contributed by atoms with van der Waals surface area (Å²) < 4.78 is 64.5. The second-order valence-corrected chi connectivity index (χ2v) is 13.1. The van der Waals surface area contributed by atoms with Crippen LogP contribution in [0.4, 0.5) is 26.3 Å². The van der Waals surface area contributed by atoms with Crippen LogP contribution in [0.2, 0.25) is 0 Å². The van der Waals surface area contributed by atoms with Gasteiger partial charge in [0.25, 0.3) is 0 Å². The van der Waals surface area contributed by atoms with E-state index in [-0.39, 0.29) is 23.3 Å². The van der Waals surface area contributed by atoms with Crippen LogP contribution in [0, 0.1) is 0 Å². The molecule has 47 heavy (non-hydrogen) atoms. The van der Waals surface area contributed by atoms with Crippen molar-refractivity contribution < 1.29 is 56.0 Å². The van der Waals surface area contributed by atoms with E-state index < -0.39 is 30.4 Å². The van der Waals surface area contributed by atoms with Crippen LogP contribution < -0.4 is 5.32 Å². The Bertz CT molecular complexity index is 1350. The van der Waals surface area contributed by atoms with Crippen molar-refractivity contribution in [3.8, 4) is 0 Å². The Labute approximate surface area is 275 Å². The van der Waals surface area contributed by atoms with Gasteiger partial charge in [-0.3, -0.25) is 4.79 Å². The lowest BCUT2D eigenvalue weighted by Gasteiger charge is -2.35. The Morgan fingerprint density at radius 3 is 1.85 bits per heavy atom. The van der Waals surface area contributed by atoms with Crippen molar-refractivity contribution in [2.45, 2.75) is 88.7 Å². The van der Waals surface area contributed by atoms with Gasteiger partial charge >= 0.3 is 24.3 Å². The molecule has 2 aliphatic rings. The van der Waals surface area contributed by atoms with Crippen LogP contribution in [-0.2, 0) is 14.4 Å². The third-order valence-electron chi connectivity index (χ3n) is 7.42. The molecule has 1 fully saturated rings. The zero-order valence-corrected chi connectivity index (χ0v) is 27.6. The number of halogens is 7. The van der Waals surface area contributed by atoms with Crippen LogP contribution >= 0.6 is 15.9 Å². The summed E-state index contributed by atoms with van der Waals surface area (Å²) in [6.45, 7) is 10.6. The Morgan fingerprint density at radius 2 is 1.40 bits per heavy atom. The molecule has 1 aromatic carbocycles. The molecule has 0 spiro atoms. The molecular weight excluding hydrogens is 706 g/mol. The fourth-order valence-corrected chi connectivity index (χ4v) is 5.39. The molecule has 1 aliphatic carbocycles. The molecule has 3 atom stereocenters. The van der Waals surface area contributed by atoms with Gasteiger partial charge in [-0.05, 0) is 63.6 Å². The fourth-order valence-electron chi connectivity index (χ4n) is 5.13. The maximum Gasteiger partial charge on any atom is 0.490 e. The second kappa shape index (κ2) is 16.2. The van der Waals surface area contributed by atoms with Gasteiger partial charge in [0.1, 0.15) is 6.33 Å². The van der Waals surface area contributed by atoms with Gasteiger partial charge in [-0.2, -0.15) is 26.3 Å². The number of carboxylic acids is 2. The Kier molecular flexibility index (Phi) is 13.7. The van der Waals surface area contributed by atoms with E-state index in [1.165, 1.54) is 0 Å². The van der Waals surface area contributed by atoms with Crippen LogP contribution in [0.15, 0.2) is 35.1 Å². The Balaban J connectivity index is 0.000000459. The summed E-state index contributed by atoms with van der Waals surface area (Å²) in [4.78, 5) is 42.4. The van der Waals surface area contributed by atoms with E-state index >= 15 is 0 Å². The van der Waals surface area contributed by atoms with Crippen LogP contribution in [0.1, 0.15) is 93.3 Å². The number of aliphatic hydroxyl groups is 1. The molecule has 262 valence electrons. The number of rotatable bonds is 5. The number of benzene rings is 1. The van der Waals surface area contributed by atoms with Gasteiger partial charge in [0.2, 0.25) is 5.91 Å². The van der Waals surface area contributed by atoms with Crippen molar-refractivity contribution in [2.75, 3.05) is 19.6 Å². The van der Waals surface area contributed by atoms with Gasteiger partial charge in [-0.15, -0.1) is 0 Å². The molecule has 0 unspecified atom stereocenters. The smallest absolute Gasteiger partial charge is 0.475 e. The van der Waals surface area contributed by atoms with Crippen LogP contribution in [0.25, 0.3) is 0 Å². The second-order valence-electron chi connectivity index (χ2n) is 12.2. The summed E-state index contributed by atoms with van der Waals surface area (Å²) in [6.07, 6.45) is -6.57. The Hall–Kier alpha value is -3.31. The summed E-state index contributed by atoms with van der Waals surface area (Å²) in [5.74, 6) is -4.97. The highest BCUT2D eigenvalue weighted by molar-refractivity contribution is 9.10. The number of hydrogen-bond acceptors (Lipinski definition) is 7. The fraction of sp³-hybridized carbons (Fsp3) is 0.567.